The Labute approximate surface area is 104 Å². The number of nitrogens with two attached hydrogens (primary N) is 1. The predicted octanol–water partition coefficient (Wildman–Crippen LogP) is 2.36. The van der Waals surface area contributed by atoms with E-state index in [0.29, 0.717) is 22.7 Å². The first-order valence-corrected chi connectivity index (χ1v) is 6.35. The van der Waals surface area contributed by atoms with E-state index in [1.54, 1.807) is 30.2 Å². The Balaban J connectivity index is 2.12. The Bertz CT molecular complexity index is 498. The molecule has 0 aliphatic heterocycles. The maximum absolute atomic E-state index is 5.64. The molecule has 0 saturated heterocycles. The van der Waals surface area contributed by atoms with Crippen molar-refractivity contribution in [3.05, 3.63) is 24.3 Å². The fourth-order valence-electron chi connectivity index (χ4n) is 1.25. The number of rotatable bonds is 4. The lowest BCUT2D eigenvalue weighted by Crippen LogP contribution is -1.91. The fourth-order valence-corrected chi connectivity index (χ4v) is 1.85. The monoisotopic (exact) mass is 250 g/mol. The lowest BCUT2D eigenvalue weighted by molar-refractivity contribution is 0.425. The lowest BCUT2D eigenvalue weighted by Gasteiger charge is -1.99. The van der Waals surface area contributed by atoms with Gasteiger partial charge in [-0.25, -0.2) is 0 Å². The Hall–Kier alpha value is -1.56. The zero-order valence-corrected chi connectivity index (χ0v) is 10.6. The summed E-state index contributed by atoms with van der Waals surface area (Å²) in [4.78, 5) is 8.29. The van der Waals surface area contributed by atoms with E-state index < -0.39 is 0 Å². The van der Waals surface area contributed by atoms with Gasteiger partial charge in [0, 0.05) is 12.4 Å². The van der Waals surface area contributed by atoms with Crippen molar-refractivity contribution < 1.29 is 4.52 Å². The number of pyridine rings is 1. The van der Waals surface area contributed by atoms with Crippen LogP contribution in [-0.4, -0.2) is 20.4 Å². The Kier molecular flexibility index (Phi) is 3.63. The summed E-state index contributed by atoms with van der Waals surface area (Å²) in [5.41, 5.74) is 6.98. The first kappa shape index (κ1) is 11.9. The summed E-state index contributed by atoms with van der Waals surface area (Å²) in [6, 6.07) is 1.76. The second kappa shape index (κ2) is 5.18. The first-order chi connectivity index (χ1) is 8.15. The summed E-state index contributed by atoms with van der Waals surface area (Å²) < 4.78 is 5.17. The van der Waals surface area contributed by atoms with Gasteiger partial charge in [-0.05, 0) is 11.3 Å². The zero-order chi connectivity index (χ0) is 12.3. The van der Waals surface area contributed by atoms with Crippen LogP contribution in [0, 0.1) is 0 Å². The van der Waals surface area contributed by atoms with Crippen LogP contribution < -0.4 is 5.73 Å². The number of nitrogen functional groups attached to an aromatic ring is 1. The summed E-state index contributed by atoms with van der Waals surface area (Å²) >= 11 is 1.77. The van der Waals surface area contributed by atoms with E-state index in [1.165, 1.54) is 0 Å². The molecule has 0 atom stereocenters. The summed E-state index contributed by atoms with van der Waals surface area (Å²) in [6.45, 7) is 4.26. The molecule has 17 heavy (non-hydrogen) atoms. The second-order valence-electron chi connectivity index (χ2n) is 3.88. The van der Waals surface area contributed by atoms with Crippen LogP contribution in [0.5, 0.6) is 0 Å². The van der Waals surface area contributed by atoms with Gasteiger partial charge in [0.15, 0.2) is 5.82 Å². The number of thioether (sulfide) groups is 1. The molecule has 0 fully saturated rings. The van der Waals surface area contributed by atoms with Crippen LogP contribution >= 0.6 is 11.8 Å². The van der Waals surface area contributed by atoms with E-state index in [0.717, 1.165) is 11.3 Å². The molecule has 2 aromatic rings. The minimum Gasteiger partial charge on any atom is -0.397 e. The van der Waals surface area contributed by atoms with Crippen LogP contribution in [-0.2, 0) is 5.75 Å². The fraction of sp³-hybridized carbons (Fsp3) is 0.364. The maximum atomic E-state index is 5.64. The molecule has 0 aliphatic rings. The summed E-state index contributed by atoms with van der Waals surface area (Å²) in [5, 5.41) is 4.47. The summed E-state index contributed by atoms with van der Waals surface area (Å²) in [7, 11) is 0. The van der Waals surface area contributed by atoms with Crippen molar-refractivity contribution in [3.63, 3.8) is 0 Å². The molecule has 2 N–H and O–H groups in total. The summed E-state index contributed by atoms with van der Waals surface area (Å²) in [6.07, 6.45) is 3.23. The van der Waals surface area contributed by atoms with E-state index in [1.807, 2.05) is 0 Å². The van der Waals surface area contributed by atoms with Gasteiger partial charge in [-0.15, -0.1) is 0 Å². The molecule has 0 amide bonds. The second-order valence-corrected chi connectivity index (χ2v) is 5.45. The van der Waals surface area contributed by atoms with Gasteiger partial charge in [0.2, 0.25) is 0 Å². The largest absolute Gasteiger partial charge is 0.397 e. The molecule has 2 rings (SSSR count). The molecule has 6 heteroatoms. The van der Waals surface area contributed by atoms with Gasteiger partial charge < -0.3 is 10.3 Å². The van der Waals surface area contributed by atoms with Gasteiger partial charge >= 0.3 is 0 Å². The molecule has 2 heterocycles. The zero-order valence-electron chi connectivity index (χ0n) is 9.75. The van der Waals surface area contributed by atoms with Crippen LogP contribution in [0.3, 0.4) is 0 Å². The number of nitrogens with zero attached hydrogens (tertiary/aromatic N) is 3. The van der Waals surface area contributed by atoms with E-state index in [2.05, 4.69) is 29.0 Å². The third kappa shape index (κ3) is 3.20. The van der Waals surface area contributed by atoms with Crippen molar-refractivity contribution in [2.75, 3.05) is 5.73 Å². The SMILES string of the molecule is CC(C)SCc1noc(-c2cncc(N)c2)n1. The Morgan fingerprint density at radius 3 is 2.94 bits per heavy atom. The Morgan fingerprint density at radius 1 is 1.41 bits per heavy atom. The average molecular weight is 250 g/mol. The van der Waals surface area contributed by atoms with Crippen LogP contribution in [0.15, 0.2) is 23.0 Å². The normalized spacial score (nSPS) is 11.0. The predicted molar refractivity (Wildman–Crippen MR) is 68.4 cm³/mol. The summed E-state index contributed by atoms with van der Waals surface area (Å²) in [5.74, 6) is 1.90. The molecule has 0 saturated carbocycles. The van der Waals surface area contributed by atoms with Crippen LogP contribution in [0.4, 0.5) is 5.69 Å². The highest BCUT2D eigenvalue weighted by Gasteiger charge is 2.09. The van der Waals surface area contributed by atoms with Crippen molar-refractivity contribution in [2.24, 2.45) is 0 Å². The van der Waals surface area contributed by atoms with Crippen molar-refractivity contribution in [1.29, 1.82) is 0 Å². The smallest absolute Gasteiger partial charge is 0.259 e. The molecule has 2 aromatic heterocycles. The van der Waals surface area contributed by atoms with Gasteiger partial charge in [-0.1, -0.05) is 19.0 Å². The molecule has 0 unspecified atom stereocenters. The maximum Gasteiger partial charge on any atom is 0.259 e. The van der Waals surface area contributed by atoms with Gasteiger partial charge in [-0.2, -0.15) is 16.7 Å². The quantitative estimate of drug-likeness (QED) is 0.897. The first-order valence-electron chi connectivity index (χ1n) is 5.30. The molecule has 0 aliphatic carbocycles. The van der Waals surface area contributed by atoms with E-state index in [-0.39, 0.29) is 0 Å². The number of aromatic nitrogens is 3. The molecule has 0 spiro atoms. The number of hydrogen-bond acceptors (Lipinski definition) is 6. The van der Waals surface area contributed by atoms with Gasteiger partial charge in [-0.3, -0.25) is 4.98 Å². The minimum absolute atomic E-state index is 0.462. The third-order valence-corrected chi connectivity index (χ3v) is 3.11. The molecule has 0 radical (unpaired) electrons. The molecule has 5 nitrogen and oxygen atoms in total. The molecular formula is C11H14N4OS. The molecule has 0 aromatic carbocycles. The van der Waals surface area contributed by atoms with Gasteiger partial charge in [0.25, 0.3) is 5.89 Å². The lowest BCUT2D eigenvalue weighted by atomic mass is 10.2. The van der Waals surface area contributed by atoms with Crippen molar-refractivity contribution in [3.8, 4) is 11.5 Å². The highest BCUT2D eigenvalue weighted by atomic mass is 32.2. The highest BCUT2D eigenvalue weighted by molar-refractivity contribution is 7.99. The standard InChI is InChI=1S/C11H14N4OS/c1-7(2)17-6-10-14-11(16-15-10)8-3-9(12)5-13-4-8/h3-5,7H,6,12H2,1-2H3. The Morgan fingerprint density at radius 2 is 2.24 bits per heavy atom. The van der Waals surface area contributed by atoms with E-state index in [4.69, 9.17) is 10.3 Å². The van der Waals surface area contributed by atoms with E-state index >= 15 is 0 Å². The molecule has 0 bridgehead atoms. The third-order valence-electron chi connectivity index (χ3n) is 2.02. The van der Waals surface area contributed by atoms with Crippen molar-refractivity contribution >= 4 is 17.4 Å². The van der Waals surface area contributed by atoms with Crippen molar-refractivity contribution in [2.45, 2.75) is 24.9 Å². The van der Waals surface area contributed by atoms with Gasteiger partial charge in [0.1, 0.15) is 0 Å². The van der Waals surface area contributed by atoms with E-state index in [9.17, 15) is 0 Å². The minimum atomic E-state index is 0.462. The van der Waals surface area contributed by atoms with Crippen LogP contribution in [0.2, 0.25) is 0 Å². The molecule has 90 valence electrons. The van der Waals surface area contributed by atoms with Crippen LogP contribution in [0.1, 0.15) is 19.7 Å². The average Bonchev–Trinajstić information content (AvgIpc) is 2.75. The number of hydrogen-bond donors (Lipinski definition) is 1. The van der Waals surface area contributed by atoms with Crippen molar-refractivity contribution in [1.82, 2.24) is 15.1 Å². The highest BCUT2D eigenvalue weighted by Crippen LogP contribution is 2.20. The topological polar surface area (TPSA) is 77.8 Å². The number of anilines is 1. The van der Waals surface area contributed by atoms with Crippen LogP contribution in [0.25, 0.3) is 11.5 Å². The molecular weight excluding hydrogens is 236 g/mol. The van der Waals surface area contributed by atoms with Gasteiger partial charge in [0.05, 0.1) is 17.0 Å².